The minimum absolute atomic E-state index is 0.204. The Hall–Kier alpha value is -2.05. The van der Waals surface area contributed by atoms with E-state index in [1.54, 1.807) is 0 Å². The van der Waals surface area contributed by atoms with Crippen LogP contribution >= 0.6 is 0 Å². The number of carboxylic acid groups (broad SMARTS) is 1. The van der Waals surface area contributed by atoms with Crippen molar-refractivity contribution in [3.63, 3.8) is 0 Å². The van der Waals surface area contributed by atoms with Gasteiger partial charge in [-0.2, -0.15) is 13.2 Å². The molecule has 114 valence electrons. The van der Waals surface area contributed by atoms with E-state index in [1.165, 1.54) is 0 Å². The second kappa shape index (κ2) is 5.75. The SMILES string of the molecule is O=C(CC1CCC1)Nc1cc(C(F)(F)F)ccc1C(=O)O. The van der Waals surface area contributed by atoms with Gasteiger partial charge in [0, 0.05) is 6.42 Å². The Labute approximate surface area is 119 Å². The highest BCUT2D eigenvalue weighted by Gasteiger charge is 2.32. The summed E-state index contributed by atoms with van der Waals surface area (Å²) in [5.74, 6) is -1.60. The summed E-state index contributed by atoms with van der Waals surface area (Å²) in [6.45, 7) is 0. The van der Waals surface area contributed by atoms with Crippen molar-refractivity contribution >= 4 is 17.6 Å². The van der Waals surface area contributed by atoms with E-state index in [-0.39, 0.29) is 23.6 Å². The number of amides is 1. The fraction of sp³-hybridized carbons (Fsp3) is 0.429. The van der Waals surface area contributed by atoms with Gasteiger partial charge in [0.1, 0.15) is 0 Å². The molecule has 1 fully saturated rings. The van der Waals surface area contributed by atoms with E-state index in [1.807, 2.05) is 0 Å². The van der Waals surface area contributed by atoms with Gasteiger partial charge < -0.3 is 10.4 Å². The lowest BCUT2D eigenvalue weighted by molar-refractivity contribution is -0.137. The monoisotopic (exact) mass is 301 g/mol. The molecule has 0 saturated heterocycles. The van der Waals surface area contributed by atoms with Crippen LogP contribution < -0.4 is 5.32 Å². The zero-order valence-electron chi connectivity index (χ0n) is 11.0. The van der Waals surface area contributed by atoms with Crippen molar-refractivity contribution in [2.24, 2.45) is 5.92 Å². The molecule has 0 unspecified atom stereocenters. The van der Waals surface area contributed by atoms with Gasteiger partial charge in [0.2, 0.25) is 5.91 Å². The first kappa shape index (κ1) is 15.3. The number of carboxylic acids is 1. The highest BCUT2D eigenvalue weighted by molar-refractivity contribution is 6.00. The van der Waals surface area contributed by atoms with Gasteiger partial charge in [0.05, 0.1) is 16.8 Å². The topological polar surface area (TPSA) is 66.4 Å². The molecule has 0 aliphatic heterocycles. The largest absolute Gasteiger partial charge is 0.478 e. The molecule has 2 rings (SSSR count). The maximum absolute atomic E-state index is 12.7. The summed E-state index contributed by atoms with van der Waals surface area (Å²) in [7, 11) is 0. The van der Waals surface area contributed by atoms with Crippen LogP contribution in [0, 0.1) is 5.92 Å². The summed E-state index contributed by atoms with van der Waals surface area (Å²) >= 11 is 0. The Morgan fingerprint density at radius 3 is 2.43 bits per heavy atom. The summed E-state index contributed by atoms with van der Waals surface area (Å²) in [6, 6.07) is 2.19. The summed E-state index contributed by atoms with van der Waals surface area (Å²) in [5, 5.41) is 11.3. The van der Waals surface area contributed by atoms with Crippen LogP contribution in [0.2, 0.25) is 0 Å². The molecule has 4 nitrogen and oxygen atoms in total. The molecule has 2 N–H and O–H groups in total. The number of aromatic carboxylic acids is 1. The minimum Gasteiger partial charge on any atom is -0.478 e. The molecule has 1 amide bonds. The van der Waals surface area contributed by atoms with Crippen molar-refractivity contribution in [2.75, 3.05) is 5.32 Å². The Morgan fingerprint density at radius 1 is 1.29 bits per heavy atom. The number of hydrogen-bond acceptors (Lipinski definition) is 2. The smallest absolute Gasteiger partial charge is 0.416 e. The molecule has 7 heteroatoms. The highest BCUT2D eigenvalue weighted by atomic mass is 19.4. The maximum Gasteiger partial charge on any atom is 0.416 e. The summed E-state index contributed by atoms with van der Waals surface area (Å²) in [6.07, 6.45) is -1.51. The Bertz CT molecular complexity index is 565. The van der Waals surface area contributed by atoms with Crippen LogP contribution in [0.25, 0.3) is 0 Å². The summed E-state index contributed by atoms with van der Waals surface area (Å²) in [5.41, 5.74) is -1.67. The molecule has 1 saturated carbocycles. The number of hydrogen-bond donors (Lipinski definition) is 2. The highest BCUT2D eigenvalue weighted by Crippen LogP contribution is 2.33. The van der Waals surface area contributed by atoms with Gasteiger partial charge in [-0.05, 0) is 37.0 Å². The number of anilines is 1. The lowest BCUT2D eigenvalue weighted by Crippen LogP contribution is -2.22. The fourth-order valence-electron chi connectivity index (χ4n) is 2.17. The van der Waals surface area contributed by atoms with Crippen LogP contribution in [0.5, 0.6) is 0 Å². The third-order valence-corrected chi connectivity index (χ3v) is 3.55. The molecular formula is C14H14F3NO3. The van der Waals surface area contributed by atoms with Gasteiger partial charge in [-0.3, -0.25) is 4.79 Å². The summed E-state index contributed by atoms with van der Waals surface area (Å²) in [4.78, 5) is 22.8. The Balaban J connectivity index is 2.21. The first-order valence-corrected chi connectivity index (χ1v) is 6.52. The van der Waals surface area contributed by atoms with Gasteiger partial charge >= 0.3 is 12.1 Å². The fourth-order valence-corrected chi connectivity index (χ4v) is 2.17. The number of nitrogens with one attached hydrogen (secondary N) is 1. The molecule has 0 heterocycles. The molecule has 0 bridgehead atoms. The lowest BCUT2D eigenvalue weighted by atomic mass is 9.83. The van der Waals surface area contributed by atoms with Gasteiger partial charge in [0.25, 0.3) is 0 Å². The normalized spacial score (nSPS) is 15.4. The second-order valence-electron chi connectivity index (χ2n) is 5.11. The number of halogens is 3. The zero-order chi connectivity index (χ0) is 15.6. The Kier molecular flexibility index (Phi) is 4.20. The summed E-state index contributed by atoms with van der Waals surface area (Å²) < 4.78 is 38.0. The van der Waals surface area contributed by atoms with E-state index in [4.69, 9.17) is 5.11 Å². The number of carbonyl (C=O) groups is 2. The van der Waals surface area contributed by atoms with Crippen molar-refractivity contribution in [3.8, 4) is 0 Å². The molecular weight excluding hydrogens is 287 g/mol. The van der Waals surface area contributed by atoms with Gasteiger partial charge in [-0.15, -0.1) is 0 Å². The second-order valence-corrected chi connectivity index (χ2v) is 5.11. The van der Waals surface area contributed by atoms with E-state index in [2.05, 4.69) is 5.32 Å². The molecule has 0 spiro atoms. The van der Waals surface area contributed by atoms with E-state index >= 15 is 0 Å². The maximum atomic E-state index is 12.7. The standard InChI is InChI=1S/C14H14F3NO3/c15-14(16,17)9-4-5-10(13(20)21)11(7-9)18-12(19)6-8-2-1-3-8/h4-5,7-8H,1-3,6H2,(H,18,19)(H,20,21). The van der Waals surface area contributed by atoms with Crippen LogP contribution in [0.4, 0.5) is 18.9 Å². The predicted molar refractivity (Wildman–Crippen MR) is 69.0 cm³/mol. The molecule has 21 heavy (non-hydrogen) atoms. The van der Waals surface area contributed by atoms with Crippen LogP contribution in [0.15, 0.2) is 18.2 Å². The lowest BCUT2D eigenvalue weighted by Gasteiger charge is -2.24. The van der Waals surface area contributed by atoms with Crippen LogP contribution in [0.1, 0.15) is 41.6 Å². The van der Waals surface area contributed by atoms with Crippen molar-refractivity contribution in [3.05, 3.63) is 29.3 Å². The number of alkyl halides is 3. The van der Waals surface area contributed by atoms with Crippen molar-refractivity contribution < 1.29 is 27.9 Å². The number of rotatable bonds is 4. The first-order chi connectivity index (χ1) is 9.77. The van der Waals surface area contributed by atoms with E-state index in [9.17, 15) is 22.8 Å². The minimum atomic E-state index is -4.59. The third-order valence-electron chi connectivity index (χ3n) is 3.55. The number of carbonyl (C=O) groups excluding carboxylic acids is 1. The molecule has 0 radical (unpaired) electrons. The quantitative estimate of drug-likeness (QED) is 0.894. The molecule has 1 aromatic rings. The zero-order valence-corrected chi connectivity index (χ0v) is 11.0. The predicted octanol–water partition coefficient (Wildman–Crippen LogP) is 3.53. The van der Waals surface area contributed by atoms with Crippen LogP contribution in [0.3, 0.4) is 0 Å². The van der Waals surface area contributed by atoms with Gasteiger partial charge in [-0.1, -0.05) is 6.42 Å². The molecule has 1 aromatic carbocycles. The van der Waals surface area contributed by atoms with Gasteiger partial charge in [-0.25, -0.2) is 4.79 Å². The first-order valence-electron chi connectivity index (χ1n) is 6.52. The average Bonchev–Trinajstić information content (AvgIpc) is 2.32. The Morgan fingerprint density at radius 2 is 1.95 bits per heavy atom. The van der Waals surface area contributed by atoms with Crippen molar-refractivity contribution in [2.45, 2.75) is 31.9 Å². The number of benzene rings is 1. The molecule has 1 aliphatic carbocycles. The van der Waals surface area contributed by atoms with Gasteiger partial charge in [0.15, 0.2) is 0 Å². The third kappa shape index (κ3) is 3.74. The van der Waals surface area contributed by atoms with Crippen LogP contribution in [-0.2, 0) is 11.0 Å². The molecule has 0 aromatic heterocycles. The van der Waals surface area contributed by atoms with Crippen molar-refractivity contribution in [1.29, 1.82) is 0 Å². The van der Waals surface area contributed by atoms with Crippen molar-refractivity contribution in [1.82, 2.24) is 0 Å². The average molecular weight is 301 g/mol. The van der Waals surface area contributed by atoms with Crippen LogP contribution in [-0.4, -0.2) is 17.0 Å². The molecule has 1 aliphatic rings. The molecule has 0 atom stereocenters. The van der Waals surface area contributed by atoms with E-state index < -0.39 is 23.6 Å². The van der Waals surface area contributed by atoms with E-state index in [0.29, 0.717) is 12.1 Å². The van der Waals surface area contributed by atoms with E-state index in [0.717, 1.165) is 25.3 Å².